The number of hydrogen-bond donors (Lipinski definition) is 1. The smallest absolute Gasteiger partial charge is 0.330 e. The Bertz CT molecular complexity index is 1550. The number of carbonyl (C=O) groups is 3. The Kier molecular flexibility index (Phi) is 5.81. The zero-order chi connectivity index (χ0) is 26.6. The average molecular weight is 514 g/mol. The van der Waals surface area contributed by atoms with Crippen LogP contribution in [0.4, 0.5) is 10.6 Å². The van der Waals surface area contributed by atoms with Gasteiger partial charge < -0.3 is 4.90 Å². The summed E-state index contributed by atoms with van der Waals surface area (Å²) in [6, 6.07) is 10.1. The van der Waals surface area contributed by atoms with Gasteiger partial charge in [-0.2, -0.15) is 0 Å². The number of imide groups is 2. The molecule has 4 amide bonds. The fourth-order valence-electron chi connectivity index (χ4n) is 6.42. The molecule has 9 heteroatoms. The predicted molar refractivity (Wildman–Crippen MR) is 142 cm³/mol. The van der Waals surface area contributed by atoms with Crippen molar-refractivity contribution in [3.8, 4) is 0 Å². The van der Waals surface area contributed by atoms with Crippen LogP contribution in [0.3, 0.4) is 0 Å². The third kappa shape index (κ3) is 3.40. The van der Waals surface area contributed by atoms with E-state index in [1.54, 1.807) is 12.3 Å². The quantitative estimate of drug-likeness (QED) is 0.415. The highest BCUT2D eigenvalue weighted by atomic mass is 16.2. The molecule has 1 spiro atoms. The van der Waals surface area contributed by atoms with Crippen LogP contribution >= 0.6 is 0 Å². The molecule has 0 radical (unpaired) electrons. The van der Waals surface area contributed by atoms with E-state index in [1.165, 1.54) is 9.30 Å². The molecule has 0 bridgehead atoms. The highest BCUT2D eigenvalue weighted by Gasteiger charge is 2.64. The number of fused-ring (bicyclic) bond motifs is 7. The molecule has 1 N–H and O–H groups in total. The van der Waals surface area contributed by atoms with Crippen LogP contribution in [0, 0.1) is 12.3 Å². The van der Waals surface area contributed by atoms with Gasteiger partial charge in [-0.15, -0.1) is 0 Å². The number of anilines is 1. The second kappa shape index (κ2) is 9.08. The maximum atomic E-state index is 14.4. The second-order valence-corrected chi connectivity index (χ2v) is 10.6. The van der Waals surface area contributed by atoms with Crippen LogP contribution in [-0.2, 0) is 22.4 Å². The summed E-state index contributed by atoms with van der Waals surface area (Å²) in [5.41, 5.74) is 1.69. The molecular weight excluding hydrogens is 482 g/mol. The third-order valence-corrected chi connectivity index (χ3v) is 8.33. The number of nitrogens with one attached hydrogen (secondary N) is 1. The summed E-state index contributed by atoms with van der Waals surface area (Å²) in [7, 11) is 0. The first kappa shape index (κ1) is 24.3. The monoisotopic (exact) mass is 513 g/mol. The first-order valence-electron chi connectivity index (χ1n) is 13.4. The van der Waals surface area contributed by atoms with Crippen molar-refractivity contribution in [1.82, 2.24) is 19.6 Å². The van der Waals surface area contributed by atoms with Crippen molar-refractivity contribution in [3.05, 3.63) is 75.2 Å². The minimum atomic E-state index is -1.67. The Morgan fingerprint density at radius 1 is 1.05 bits per heavy atom. The zero-order valence-corrected chi connectivity index (χ0v) is 21.7. The topological polar surface area (TPSA) is 104 Å². The molecule has 3 aromatic rings. The van der Waals surface area contributed by atoms with Crippen molar-refractivity contribution in [2.24, 2.45) is 5.41 Å². The molecule has 1 aromatic carbocycles. The SMILES string of the molecule is CCCCCCN1C(=O)NC(=O)[C@@]2(Cc3c(nc4c(C)cccn4c3=O)N3CCc4ccccc4[C@@H]32)C1=O. The maximum absolute atomic E-state index is 14.4. The van der Waals surface area contributed by atoms with Crippen molar-refractivity contribution in [2.75, 3.05) is 18.0 Å². The van der Waals surface area contributed by atoms with E-state index in [2.05, 4.69) is 12.2 Å². The second-order valence-electron chi connectivity index (χ2n) is 10.6. The van der Waals surface area contributed by atoms with Gasteiger partial charge in [0.1, 0.15) is 11.5 Å². The molecule has 1 saturated heterocycles. The van der Waals surface area contributed by atoms with E-state index in [0.29, 0.717) is 36.4 Å². The van der Waals surface area contributed by atoms with Gasteiger partial charge in [0.2, 0.25) is 11.8 Å². The highest BCUT2D eigenvalue weighted by Crippen LogP contribution is 2.52. The van der Waals surface area contributed by atoms with Crippen LogP contribution in [0.25, 0.3) is 5.65 Å². The molecule has 9 nitrogen and oxygen atoms in total. The van der Waals surface area contributed by atoms with Crippen molar-refractivity contribution >= 4 is 29.3 Å². The number of pyridine rings is 1. The maximum Gasteiger partial charge on any atom is 0.330 e. The first-order valence-corrected chi connectivity index (χ1v) is 13.4. The Hall–Kier alpha value is -4.01. The number of hydrogen-bond acceptors (Lipinski definition) is 6. The number of urea groups is 1. The van der Waals surface area contributed by atoms with Crippen molar-refractivity contribution in [2.45, 2.75) is 58.4 Å². The highest BCUT2D eigenvalue weighted by molar-refractivity contribution is 6.20. The van der Waals surface area contributed by atoms with Crippen molar-refractivity contribution in [3.63, 3.8) is 0 Å². The van der Waals surface area contributed by atoms with E-state index >= 15 is 0 Å². The van der Waals surface area contributed by atoms with Gasteiger partial charge in [-0.25, -0.2) is 9.78 Å². The summed E-state index contributed by atoms with van der Waals surface area (Å²) in [5, 5.41) is 2.49. The van der Waals surface area contributed by atoms with E-state index in [9.17, 15) is 19.2 Å². The number of aryl methyl sites for hydroxylation is 1. The molecule has 5 heterocycles. The number of amides is 4. The molecule has 0 saturated carbocycles. The predicted octanol–water partition coefficient (Wildman–Crippen LogP) is 3.31. The lowest BCUT2D eigenvalue weighted by Crippen LogP contribution is -2.70. The van der Waals surface area contributed by atoms with Gasteiger partial charge in [0.05, 0.1) is 11.6 Å². The Balaban J connectivity index is 1.57. The fraction of sp³-hybridized carbons (Fsp3) is 0.414. The number of aromatic nitrogens is 2. The molecule has 6 rings (SSSR count). The first-order chi connectivity index (χ1) is 18.4. The molecular formula is C29H31N5O4. The van der Waals surface area contributed by atoms with Crippen LogP contribution in [-0.4, -0.2) is 45.2 Å². The van der Waals surface area contributed by atoms with Gasteiger partial charge in [0.25, 0.3) is 5.56 Å². The Morgan fingerprint density at radius 2 is 1.87 bits per heavy atom. The molecule has 3 aliphatic rings. The van der Waals surface area contributed by atoms with Gasteiger partial charge in [-0.1, -0.05) is 56.5 Å². The van der Waals surface area contributed by atoms with Gasteiger partial charge in [0, 0.05) is 25.7 Å². The van der Waals surface area contributed by atoms with E-state index in [0.717, 1.165) is 36.0 Å². The average Bonchev–Trinajstić information content (AvgIpc) is 2.92. The molecule has 1 fully saturated rings. The summed E-state index contributed by atoms with van der Waals surface area (Å²) >= 11 is 0. The van der Waals surface area contributed by atoms with Crippen LogP contribution < -0.4 is 15.8 Å². The Labute approximate surface area is 220 Å². The van der Waals surface area contributed by atoms with Crippen LogP contribution in [0.5, 0.6) is 0 Å². The minimum absolute atomic E-state index is 0.121. The van der Waals surface area contributed by atoms with Crippen LogP contribution in [0.15, 0.2) is 47.4 Å². The molecule has 2 atom stereocenters. The summed E-state index contributed by atoms with van der Waals surface area (Å²) in [4.78, 5) is 63.1. The van der Waals surface area contributed by atoms with Crippen LogP contribution in [0.1, 0.15) is 60.9 Å². The lowest BCUT2D eigenvalue weighted by molar-refractivity contribution is -0.154. The lowest BCUT2D eigenvalue weighted by Gasteiger charge is -2.53. The molecule has 2 aromatic heterocycles. The minimum Gasteiger partial charge on any atom is -0.347 e. The van der Waals surface area contributed by atoms with E-state index in [4.69, 9.17) is 4.98 Å². The molecule has 38 heavy (non-hydrogen) atoms. The van der Waals surface area contributed by atoms with Gasteiger partial charge in [-0.3, -0.25) is 29.0 Å². The largest absolute Gasteiger partial charge is 0.347 e. The lowest BCUT2D eigenvalue weighted by atomic mass is 9.65. The van der Waals surface area contributed by atoms with Crippen molar-refractivity contribution < 1.29 is 14.4 Å². The number of rotatable bonds is 5. The fourth-order valence-corrected chi connectivity index (χ4v) is 6.42. The molecule has 3 aliphatic heterocycles. The summed E-state index contributed by atoms with van der Waals surface area (Å²) in [5.74, 6) is -0.668. The normalized spacial score (nSPS) is 22.4. The van der Waals surface area contributed by atoms with Gasteiger partial charge in [0.15, 0.2) is 5.41 Å². The summed E-state index contributed by atoms with van der Waals surface area (Å²) in [6.45, 7) is 4.73. The number of benzene rings is 1. The van der Waals surface area contributed by atoms with E-state index in [1.807, 2.05) is 42.2 Å². The number of barbiturate groups is 1. The number of nitrogens with zero attached hydrogens (tertiary/aromatic N) is 4. The summed E-state index contributed by atoms with van der Waals surface area (Å²) in [6.07, 6.45) is 5.79. The number of unbranched alkanes of at least 4 members (excludes halogenated alkanes) is 3. The van der Waals surface area contributed by atoms with E-state index < -0.39 is 29.3 Å². The van der Waals surface area contributed by atoms with E-state index in [-0.39, 0.29) is 18.5 Å². The van der Waals surface area contributed by atoms with Crippen LogP contribution in [0.2, 0.25) is 0 Å². The standard InChI is InChI=1S/C29H31N5O4/c1-3-4-5-8-14-34-27(37)29(26(36)31-28(34)38)17-21-24(30-23-18(2)10-9-15-33(23)25(21)35)32-16-13-19-11-6-7-12-20(19)22(29)32/h6-7,9-12,15,22H,3-5,8,13-14,16-17H2,1-2H3,(H,31,36,38)/t22-,29+/m1/s1. The summed E-state index contributed by atoms with van der Waals surface area (Å²) < 4.78 is 1.49. The van der Waals surface area contributed by atoms with Gasteiger partial charge >= 0.3 is 6.03 Å². The molecule has 0 unspecified atom stereocenters. The molecule has 196 valence electrons. The van der Waals surface area contributed by atoms with Crippen molar-refractivity contribution in [1.29, 1.82) is 0 Å². The van der Waals surface area contributed by atoms with Gasteiger partial charge in [-0.05, 0) is 42.5 Å². The zero-order valence-electron chi connectivity index (χ0n) is 21.7. The Morgan fingerprint density at radius 3 is 2.68 bits per heavy atom. The molecule has 0 aliphatic carbocycles. The number of carbonyl (C=O) groups excluding carboxylic acids is 3. The third-order valence-electron chi connectivity index (χ3n) is 8.33.